The molecule has 9 heteroatoms. The smallest absolute Gasteiger partial charge is 0.269 e. The van der Waals surface area contributed by atoms with E-state index < -0.39 is 4.92 Å². The van der Waals surface area contributed by atoms with Crippen LogP contribution >= 0.6 is 11.3 Å². The summed E-state index contributed by atoms with van der Waals surface area (Å²) in [6, 6.07) is 5.86. The van der Waals surface area contributed by atoms with Gasteiger partial charge in [0.1, 0.15) is 6.54 Å². The number of carbonyl (C=O) groups is 2. The van der Waals surface area contributed by atoms with Crippen LogP contribution in [0.2, 0.25) is 0 Å². The van der Waals surface area contributed by atoms with Gasteiger partial charge in [0.15, 0.2) is 5.13 Å². The van der Waals surface area contributed by atoms with Gasteiger partial charge in [-0.1, -0.05) is 6.92 Å². The average Bonchev–Trinajstić information content (AvgIpc) is 3.04. The zero-order valence-electron chi connectivity index (χ0n) is 15.0. The minimum absolute atomic E-state index is 0.0137. The summed E-state index contributed by atoms with van der Waals surface area (Å²) in [5.74, 6) is -0.615. The quantitative estimate of drug-likeness (QED) is 0.424. The van der Waals surface area contributed by atoms with Crippen molar-refractivity contribution in [2.75, 3.05) is 18.4 Å². The molecule has 0 bridgehead atoms. The second-order valence-electron chi connectivity index (χ2n) is 5.77. The number of hydrogen-bond donors (Lipinski definition) is 1. The van der Waals surface area contributed by atoms with E-state index in [4.69, 9.17) is 0 Å². The number of nitro groups is 1. The number of carbonyl (C=O) groups excluding carboxylic acids is 2. The number of hydrogen-bond acceptors (Lipinski definition) is 6. The van der Waals surface area contributed by atoms with Gasteiger partial charge in [-0.05, 0) is 37.1 Å². The van der Waals surface area contributed by atoms with Gasteiger partial charge in [0, 0.05) is 35.8 Å². The molecule has 0 unspecified atom stereocenters. The van der Waals surface area contributed by atoms with Gasteiger partial charge in [0.25, 0.3) is 5.69 Å². The molecule has 0 fully saturated rings. The molecule has 0 atom stereocenters. The Morgan fingerprint density at radius 1 is 1.33 bits per heavy atom. The predicted molar refractivity (Wildman–Crippen MR) is 104 cm³/mol. The van der Waals surface area contributed by atoms with Crippen molar-refractivity contribution in [3.8, 4) is 0 Å². The molecule has 0 saturated heterocycles. The lowest BCUT2D eigenvalue weighted by Gasteiger charge is -2.19. The number of non-ortho nitro benzene ring substituents is 1. The minimum Gasteiger partial charge on any atom is -0.330 e. The first-order valence-electron chi connectivity index (χ1n) is 8.32. The summed E-state index contributed by atoms with van der Waals surface area (Å²) in [7, 11) is 0. The minimum atomic E-state index is -0.482. The number of thiazole rings is 1. The Balaban J connectivity index is 1.98. The van der Waals surface area contributed by atoms with E-state index in [1.807, 2.05) is 13.8 Å². The Morgan fingerprint density at radius 3 is 2.59 bits per heavy atom. The van der Waals surface area contributed by atoms with Crippen molar-refractivity contribution in [3.63, 3.8) is 0 Å². The number of nitrogens with one attached hydrogen (secondary N) is 1. The summed E-state index contributed by atoms with van der Waals surface area (Å²) in [6.45, 7) is 4.18. The van der Waals surface area contributed by atoms with E-state index in [1.54, 1.807) is 24.4 Å². The maximum atomic E-state index is 12.4. The third-order valence-electron chi connectivity index (χ3n) is 3.53. The number of aromatic nitrogens is 1. The van der Waals surface area contributed by atoms with E-state index in [-0.39, 0.29) is 24.0 Å². The monoisotopic (exact) mass is 388 g/mol. The molecule has 8 nitrogen and oxygen atoms in total. The van der Waals surface area contributed by atoms with E-state index in [0.717, 1.165) is 4.88 Å². The van der Waals surface area contributed by atoms with Crippen LogP contribution in [0.4, 0.5) is 10.8 Å². The zero-order chi connectivity index (χ0) is 19.8. The first-order chi connectivity index (χ1) is 12.9. The van der Waals surface area contributed by atoms with Crippen LogP contribution < -0.4 is 5.32 Å². The Hall–Kier alpha value is -3.07. The number of amides is 2. The third kappa shape index (κ3) is 6.30. The van der Waals surface area contributed by atoms with Crippen molar-refractivity contribution in [2.24, 2.45) is 0 Å². The summed E-state index contributed by atoms with van der Waals surface area (Å²) < 4.78 is 0. The molecule has 1 aromatic heterocycles. The van der Waals surface area contributed by atoms with Crippen molar-refractivity contribution in [1.82, 2.24) is 9.88 Å². The van der Waals surface area contributed by atoms with Crippen LogP contribution in [0, 0.1) is 17.0 Å². The lowest BCUT2D eigenvalue weighted by atomic mass is 10.2. The molecule has 2 rings (SSSR count). The van der Waals surface area contributed by atoms with E-state index in [0.29, 0.717) is 23.7 Å². The van der Waals surface area contributed by atoms with Gasteiger partial charge in [0.2, 0.25) is 11.8 Å². The number of aryl methyl sites for hydroxylation is 1. The highest BCUT2D eigenvalue weighted by Crippen LogP contribution is 2.16. The van der Waals surface area contributed by atoms with E-state index in [9.17, 15) is 19.7 Å². The Morgan fingerprint density at radius 2 is 2.04 bits per heavy atom. The van der Waals surface area contributed by atoms with Crippen LogP contribution in [0.3, 0.4) is 0 Å². The van der Waals surface area contributed by atoms with Gasteiger partial charge in [-0.3, -0.25) is 19.7 Å². The number of nitro benzene ring substituents is 1. The number of nitrogens with zero attached hydrogens (tertiary/aromatic N) is 3. The first-order valence-corrected chi connectivity index (χ1v) is 9.14. The Labute approximate surface area is 160 Å². The first kappa shape index (κ1) is 20.2. The molecule has 0 saturated carbocycles. The fourth-order valence-electron chi connectivity index (χ4n) is 2.26. The van der Waals surface area contributed by atoms with E-state index in [1.165, 1.54) is 34.4 Å². The summed E-state index contributed by atoms with van der Waals surface area (Å²) in [4.78, 5) is 41.2. The van der Waals surface area contributed by atoms with Crippen LogP contribution in [0.5, 0.6) is 0 Å². The Kier molecular flexibility index (Phi) is 7.18. The highest BCUT2D eigenvalue weighted by atomic mass is 32.1. The normalized spacial score (nSPS) is 10.7. The van der Waals surface area contributed by atoms with Gasteiger partial charge in [-0.15, -0.1) is 11.3 Å². The molecular formula is C18H20N4O4S. The highest BCUT2D eigenvalue weighted by molar-refractivity contribution is 7.15. The van der Waals surface area contributed by atoms with Crippen LogP contribution in [0.15, 0.2) is 36.5 Å². The van der Waals surface area contributed by atoms with Gasteiger partial charge in [0.05, 0.1) is 4.92 Å². The maximum absolute atomic E-state index is 12.4. The molecule has 1 N–H and O–H groups in total. The van der Waals surface area contributed by atoms with Gasteiger partial charge >= 0.3 is 0 Å². The molecule has 2 aromatic rings. The van der Waals surface area contributed by atoms with E-state index >= 15 is 0 Å². The van der Waals surface area contributed by atoms with Crippen LogP contribution in [-0.2, 0) is 9.59 Å². The molecule has 142 valence electrons. The third-order valence-corrected chi connectivity index (χ3v) is 4.36. The summed E-state index contributed by atoms with van der Waals surface area (Å²) >= 11 is 1.37. The van der Waals surface area contributed by atoms with Gasteiger partial charge in [-0.25, -0.2) is 4.98 Å². The molecule has 2 amide bonds. The standard InChI is InChI=1S/C18H20N4O4S/c1-3-10-21(12-16(23)20-18-19-11-13(2)27-18)17(24)9-6-14-4-7-15(8-5-14)22(25)26/h4-9,11H,3,10,12H2,1-2H3,(H,19,20,23)/b9-6+. The van der Waals surface area contributed by atoms with Crippen molar-refractivity contribution in [2.45, 2.75) is 20.3 Å². The molecule has 0 aliphatic carbocycles. The van der Waals surface area contributed by atoms with Crippen molar-refractivity contribution < 1.29 is 14.5 Å². The summed E-state index contributed by atoms with van der Waals surface area (Å²) in [6.07, 6.45) is 5.30. The summed E-state index contributed by atoms with van der Waals surface area (Å²) in [5.41, 5.74) is 0.647. The second-order valence-corrected chi connectivity index (χ2v) is 7.00. The van der Waals surface area contributed by atoms with Gasteiger partial charge in [-0.2, -0.15) is 0 Å². The molecule has 1 heterocycles. The van der Waals surface area contributed by atoms with Crippen molar-refractivity contribution >= 4 is 40.0 Å². The van der Waals surface area contributed by atoms with E-state index in [2.05, 4.69) is 10.3 Å². The molecular weight excluding hydrogens is 368 g/mol. The van der Waals surface area contributed by atoms with Crippen molar-refractivity contribution in [3.05, 3.63) is 57.1 Å². The average molecular weight is 388 g/mol. The fourth-order valence-corrected chi connectivity index (χ4v) is 2.94. The number of benzene rings is 1. The SMILES string of the molecule is CCCN(CC(=O)Nc1ncc(C)s1)C(=O)/C=C/c1ccc([N+](=O)[O-])cc1. The molecule has 27 heavy (non-hydrogen) atoms. The predicted octanol–water partition coefficient (Wildman–Crippen LogP) is 3.25. The van der Waals surface area contributed by atoms with Crippen LogP contribution in [0.25, 0.3) is 6.08 Å². The number of rotatable bonds is 8. The lowest BCUT2D eigenvalue weighted by Crippen LogP contribution is -2.37. The topological polar surface area (TPSA) is 105 Å². The summed E-state index contributed by atoms with van der Waals surface area (Å²) in [5, 5.41) is 13.8. The Bertz CT molecular complexity index is 845. The van der Waals surface area contributed by atoms with Crippen molar-refractivity contribution in [1.29, 1.82) is 0 Å². The second kappa shape index (κ2) is 9.58. The molecule has 0 aliphatic rings. The molecule has 0 spiro atoms. The molecule has 1 aromatic carbocycles. The highest BCUT2D eigenvalue weighted by Gasteiger charge is 2.15. The largest absolute Gasteiger partial charge is 0.330 e. The van der Waals surface area contributed by atoms with Crippen LogP contribution in [-0.4, -0.2) is 39.7 Å². The number of anilines is 1. The lowest BCUT2D eigenvalue weighted by molar-refractivity contribution is -0.384. The molecule has 0 radical (unpaired) electrons. The zero-order valence-corrected chi connectivity index (χ0v) is 15.9. The van der Waals surface area contributed by atoms with Crippen LogP contribution in [0.1, 0.15) is 23.8 Å². The fraction of sp³-hybridized carbons (Fsp3) is 0.278. The molecule has 0 aliphatic heterocycles. The van der Waals surface area contributed by atoms with Gasteiger partial charge < -0.3 is 10.2 Å². The maximum Gasteiger partial charge on any atom is 0.269 e.